The Morgan fingerprint density at radius 1 is 0.453 bits per heavy atom. The standard InChI is InChI=1S/C39H10F8N6/c40-25-7-3-18(9-27(25)42)29-23(15-52)34-36(32(29)20(11-48)12-49)31(17-1-5-22(6-2-17)39(45,46)47)37-33(21(13-50)14-51)30(24(16-53)35(37)38(34)44)19-4-8-26(41)28(43)10-19/h1-10H. The molecule has 0 saturated carbocycles. The van der Waals surface area contributed by atoms with E-state index in [1.165, 1.54) is 0 Å². The zero-order valence-corrected chi connectivity index (χ0v) is 26.0. The SMILES string of the molecule is N#CC(C#N)=C1C(c2ccc(F)c(F)c2)=C(C#N)c2c(F)c3c(c(-c4ccc(C(F)(F)F)cc4)c21)C(=C(C#N)C#N)C(c1ccc(F)c(F)c1)=C3C#N. The summed E-state index contributed by atoms with van der Waals surface area (Å²) in [6.45, 7) is 0. The molecule has 0 aliphatic heterocycles. The summed E-state index contributed by atoms with van der Waals surface area (Å²) in [5, 5.41) is 61.5. The Morgan fingerprint density at radius 2 is 0.830 bits per heavy atom. The molecule has 6 nitrogen and oxygen atoms in total. The molecule has 0 N–H and O–H groups in total. The van der Waals surface area contributed by atoms with E-state index in [-0.39, 0.29) is 16.7 Å². The number of halogens is 8. The lowest BCUT2D eigenvalue weighted by Crippen LogP contribution is -2.06. The number of rotatable bonds is 3. The van der Waals surface area contributed by atoms with Gasteiger partial charge in [0, 0.05) is 44.5 Å². The van der Waals surface area contributed by atoms with Crippen molar-refractivity contribution in [3.05, 3.63) is 140 Å². The van der Waals surface area contributed by atoms with Crippen LogP contribution in [0.4, 0.5) is 35.1 Å². The van der Waals surface area contributed by atoms with E-state index in [9.17, 15) is 62.3 Å². The predicted octanol–water partition coefficient (Wildman–Crippen LogP) is 9.57. The molecule has 252 valence electrons. The number of hydrogen-bond donors (Lipinski definition) is 0. The molecule has 0 fully saturated rings. The van der Waals surface area contributed by atoms with Crippen molar-refractivity contribution < 1.29 is 35.1 Å². The summed E-state index contributed by atoms with van der Waals surface area (Å²) in [5.74, 6) is -7.02. The molecule has 0 aromatic heterocycles. The van der Waals surface area contributed by atoms with Crippen LogP contribution in [0, 0.1) is 97.1 Å². The van der Waals surface area contributed by atoms with Gasteiger partial charge in [0.25, 0.3) is 0 Å². The van der Waals surface area contributed by atoms with E-state index in [4.69, 9.17) is 0 Å². The number of hydrogen-bond acceptors (Lipinski definition) is 6. The second-order valence-electron chi connectivity index (χ2n) is 11.2. The van der Waals surface area contributed by atoms with Crippen molar-refractivity contribution in [2.45, 2.75) is 6.18 Å². The molecule has 4 aromatic rings. The topological polar surface area (TPSA) is 143 Å². The van der Waals surface area contributed by atoms with Gasteiger partial charge in [0.15, 0.2) is 23.3 Å². The van der Waals surface area contributed by atoms with Crippen molar-refractivity contribution in [2.75, 3.05) is 0 Å². The van der Waals surface area contributed by atoms with Crippen molar-refractivity contribution in [3.8, 4) is 47.5 Å². The molecule has 0 bridgehead atoms. The molecule has 0 unspecified atom stereocenters. The van der Waals surface area contributed by atoms with Crippen molar-refractivity contribution >= 4 is 33.4 Å². The van der Waals surface area contributed by atoms with E-state index in [0.29, 0.717) is 36.4 Å². The van der Waals surface area contributed by atoms with E-state index in [0.717, 1.165) is 24.3 Å². The third kappa shape index (κ3) is 5.28. The zero-order valence-electron chi connectivity index (χ0n) is 26.0. The molecule has 0 saturated heterocycles. The van der Waals surface area contributed by atoms with Gasteiger partial charge in [0.05, 0.1) is 16.7 Å². The first kappa shape index (κ1) is 35.1. The largest absolute Gasteiger partial charge is 0.416 e. The van der Waals surface area contributed by atoms with Gasteiger partial charge in [-0.05, 0) is 58.7 Å². The molecule has 2 aliphatic rings. The molecular weight excluding hydrogens is 704 g/mol. The van der Waals surface area contributed by atoms with Gasteiger partial charge in [-0.2, -0.15) is 44.7 Å². The minimum atomic E-state index is -4.87. The van der Waals surface area contributed by atoms with Gasteiger partial charge in [-0.3, -0.25) is 0 Å². The van der Waals surface area contributed by atoms with Crippen LogP contribution in [0.5, 0.6) is 0 Å². The van der Waals surface area contributed by atoms with Crippen LogP contribution in [-0.4, -0.2) is 0 Å². The van der Waals surface area contributed by atoms with Crippen molar-refractivity contribution in [1.29, 1.82) is 31.6 Å². The molecule has 0 heterocycles. The maximum atomic E-state index is 17.5. The average molecular weight is 715 g/mol. The van der Waals surface area contributed by atoms with Gasteiger partial charge in [0.2, 0.25) is 0 Å². The minimum Gasteiger partial charge on any atom is -0.206 e. The van der Waals surface area contributed by atoms with Gasteiger partial charge in [-0.15, -0.1) is 0 Å². The van der Waals surface area contributed by atoms with Crippen LogP contribution >= 0.6 is 0 Å². The first-order chi connectivity index (χ1) is 25.3. The van der Waals surface area contributed by atoms with Crippen molar-refractivity contribution in [2.24, 2.45) is 0 Å². The zero-order chi connectivity index (χ0) is 38.5. The van der Waals surface area contributed by atoms with Crippen LogP contribution in [0.25, 0.3) is 44.6 Å². The maximum absolute atomic E-state index is 17.5. The molecule has 0 atom stereocenters. The number of nitrogens with zero attached hydrogens (tertiary/aromatic N) is 6. The Bertz CT molecular complexity index is 2570. The molecule has 0 radical (unpaired) electrons. The Hall–Kier alpha value is -7.78. The Balaban J connectivity index is 1.93. The lowest BCUT2D eigenvalue weighted by atomic mass is 9.81. The third-order valence-electron chi connectivity index (χ3n) is 8.53. The Kier molecular flexibility index (Phi) is 8.49. The first-order valence-electron chi connectivity index (χ1n) is 14.7. The highest BCUT2D eigenvalue weighted by molar-refractivity contribution is 6.32. The van der Waals surface area contributed by atoms with E-state index in [2.05, 4.69) is 0 Å². The number of fused-ring (bicyclic) bond motifs is 2. The summed E-state index contributed by atoms with van der Waals surface area (Å²) in [4.78, 5) is 0. The molecule has 0 spiro atoms. The number of alkyl halides is 3. The van der Waals surface area contributed by atoms with E-state index in [1.54, 1.807) is 36.4 Å². The van der Waals surface area contributed by atoms with Gasteiger partial charge in [0.1, 0.15) is 53.4 Å². The van der Waals surface area contributed by atoms with Crippen LogP contribution < -0.4 is 0 Å². The summed E-state index contributed by atoms with van der Waals surface area (Å²) < 4.78 is 116. The molecule has 2 aliphatic carbocycles. The lowest BCUT2D eigenvalue weighted by molar-refractivity contribution is -0.137. The smallest absolute Gasteiger partial charge is 0.206 e. The van der Waals surface area contributed by atoms with Gasteiger partial charge in [-0.1, -0.05) is 24.3 Å². The number of allylic oxidation sites excluding steroid dienone is 8. The average Bonchev–Trinajstić information content (AvgIpc) is 3.66. The number of benzene rings is 4. The first-order valence-corrected chi connectivity index (χ1v) is 14.7. The fourth-order valence-corrected chi connectivity index (χ4v) is 6.43. The van der Waals surface area contributed by atoms with Gasteiger partial charge >= 0.3 is 6.18 Å². The Morgan fingerprint density at radius 3 is 1.15 bits per heavy atom. The summed E-state index contributed by atoms with van der Waals surface area (Å²) in [6, 6.07) is 17.3. The Labute approximate surface area is 293 Å². The highest BCUT2D eigenvalue weighted by Crippen LogP contribution is 2.60. The van der Waals surface area contributed by atoms with Crippen molar-refractivity contribution in [3.63, 3.8) is 0 Å². The van der Waals surface area contributed by atoms with E-state index in [1.807, 2.05) is 0 Å². The molecule has 6 rings (SSSR count). The van der Waals surface area contributed by atoms with E-state index < -0.39 is 113 Å². The molecule has 14 heteroatoms. The lowest BCUT2D eigenvalue weighted by Gasteiger charge is -2.20. The van der Waals surface area contributed by atoms with Gasteiger partial charge in [-0.25, -0.2) is 22.0 Å². The molecule has 4 aromatic carbocycles. The highest BCUT2D eigenvalue weighted by atomic mass is 19.4. The minimum absolute atomic E-state index is 0.251. The molecule has 0 amide bonds. The number of nitriles is 6. The maximum Gasteiger partial charge on any atom is 0.416 e. The van der Waals surface area contributed by atoms with Crippen LogP contribution in [0.2, 0.25) is 0 Å². The molecule has 53 heavy (non-hydrogen) atoms. The summed E-state index contributed by atoms with van der Waals surface area (Å²) in [6.07, 6.45) is -4.87. The van der Waals surface area contributed by atoms with Crippen LogP contribution in [0.15, 0.2) is 71.8 Å². The van der Waals surface area contributed by atoms with Gasteiger partial charge < -0.3 is 0 Å². The quantitative estimate of drug-likeness (QED) is 0.153. The predicted molar refractivity (Wildman–Crippen MR) is 171 cm³/mol. The van der Waals surface area contributed by atoms with Crippen molar-refractivity contribution in [1.82, 2.24) is 0 Å². The van der Waals surface area contributed by atoms with E-state index >= 15 is 4.39 Å². The highest BCUT2D eigenvalue weighted by Gasteiger charge is 2.44. The van der Waals surface area contributed by atoms with Crippen LogP contribution in [0.1, 0.15) is 38.9 Å². The van der Waals surface area contributed by atoms with Crippen LogP contribution in [-0.2, 0) is 6.18 Å². The second-order valence-corrected chi connectivity index (χ2v) is 11.2. The fourth-order valence-electron chi connectivity index (χ4n) is 6.43. The third-order valence-corrected chi connectivity index (χ3v) is 8.53. The molecular formula is C39H10F8N6. The van der Waals surface area contributed by atoms with Crippen LogP contribution in [0.3, 0.4) is 0 Å². The summed E-state index contributed by atoms with van der Waals surface area (Å²) in [5.41, 5.74) is -10.1. The summed E-state index contributed by atoms with van der Waals surface area (Å²) in [7, 11) is 0. The summed E-state index contributed by atoms with van der Waals surface area (Å²) >= 11 is 0. The monoisotopic (exact) mass is 714 g/mol. The fraction of sp³-hybridized carbons (Fsp3) is 0.0256. The normalized spacial score (nSPS) is 12.9. The second kappa shape index (κ2) is 12.8.